The zero-order valence-corrected chi connectivity index (χ0v) is 13.2. The van der Waals surface area contributed by atoms with Crippen LogP contribution in [0.2, 0.25) is 0 Å². The van der Waals surface area contributed by atoms with Crippen molar-refractivity contribution in [2.24, 2.45) is 5.92 Å². The number of benzene rings is 2. The summed E-state index contributed by atoms with van der Waals surface area (Å²) in [4.78, 5) is 1.31. The van der Waals surface area contributed by atoms with Crippen LogP contribution in [0.5, 0.6) is 0 Å². The molecule has 0 fully saturated rings. The average Bonchev–Trinajstić information content (AvgIpc) is 2.48. The molecular weight excluding hydrogens is 281 g/mol. The van der Waals surface area contributed by atoms with Gasteiger partial charge in [-0.05, 0) is 67.9 Å². The molecule has 0 amide bonds. The van der Waals surface area contributed by atoms with E-state index in [1.54, 1.807) is 12.1 Å². The van der Waals surface area contributed by atoms with Crippen molar-refractivity contribution in [2.45, 2.75) is 17.7 Å². The monoisotopic (exact) mass is 303 g/mol. The van der Waals surface area contributed by atoms with Crippen LogP contribution in [0.4, 0.5) is 4.39 Å². The number of nitrogens with one attached hydrogen (secondary N) is 1. The van der Waals surface area contributed by atoms with Gasteiger partial charge in [-0.25, -0.2) is 4.39 Å². The summed E-state index contributed by atoms with van der Waals surface area (Å²) >= 11 is 1.89. The molecule has 0 heterocycles. The van der Waals surface area contributed by atoms with Gasteiger partial charge in [0.15, 0.2) is 0 Å². The number of hydrogen-bond acceptors (Lipinski definition) is 2. The van der Waals surface area contributed by atoms with Crippen LogP contribution in [-0.2, 0) is 6.42 Å². The molecule has 21 heavy (non-hydrogen) atoms. The fraction of sp³-hybridized carbons (Fsp3) is 0.333. The molecule has 0 bridgehead atoms. The summed E-state index contributed by atoms with van der Waals surface area (Å²) in [5, 5.41) is 3.25. The van der Waals surface area contributed by atoms with Crippen LogP contribution < -0.4 is 5.32 Å². The minimum Gasteiger partial charge on any atom is -0.319 e. The maximum atomic E-state index is 13.3. The zero-order valence-electron chi connectivity index (χ0n) is 12.4. The van der Waals surface area contributed by atoms with Crippen LogP contribution >= 0.6 is 11.8 Å². The van der Waals surface area contributed by atoms with Crippen LogP contribution in [0.25, 0.3) is 0 Å². The van der Waals surface area contributed by atoms with Crippen molar-refractivity contribution < 1.29 is 4.39 Å². The van der Waals surface area contributed by atoms with Crippen LogP contribution in [0.15, 0.2) is 59.5 Å². The van der Waals surface area contributed by atoms with Crippen molar-refractivity contribution in [1.29, 1.82) is 0 Å². The third-order valence-electron chi connectivity index (χ3n) is 3.44. The van der Waals surface area contributed by atoms with Gasteiger partial charge in [0.05, 0.1) is 0 Å². The van der Waals surface area contributed by atoms with Crippen molar-refractivity contribution >= 4 is 11.8 Å². The molecule has 1 nitrogen and oxygen atoms in total. The SMILES string of the molecule is CNCC(CCSc1ccccc1)Cc1cccc(F)c1. The van der Waals surface area contributed by atoms with Crippen LogP contribution in [0.1, 0.15) is 12.0 Å². The van der Waals surface area contributed by atoms with Crippen molar-refractivity contribution in [3.63, 3.8) is 0 Å². The van der Waals surface area contributed by atoms with Crippen LogP contribution in [0, 0.1) is 11.7 Å². The molecule has 0 aliphatic carbocycles. The number of halogens is 1. The molecule has 2 aromatic carbocycles. The fourth-order valence-corrected chi connectivity index (χ4v) is 3.46. The predicted molar refractivity (Wildman–Crippen MR) is 89.3 cm³/mol. The van der Waals surface area contributed by atoms with E-state index in [4.69, 9.17) is 0 Å². The molecule has 0 aliphatic rings. The highest BCUT2D eigenvalue weighted by Crippen LogP contribution is 2.21. The van der Waals surface area contributed by atoms with E-state index in [0.29, 0.717) is 5.92 Å². The molecule has 1 atom stereocenters. The van der Waals surface area contributed by atoms with Gasteiger partial charge in [-0.2, -0.15) is 0 Å². The third kappa shape index (κ3) is 5.90. The lowest BCUT2D eigenvalue weighted by Crippen LogP contribution is -2.21. The smallest absolute Gasteiger partial charge is 0.123 e. The van der Waals surface area contributed by atoms with Crippen molar-refractivity contribution in [1.82, 2.24) is 5.32 Å². The summed E-state index contributed by atoms with van der Waals surface area (Å²) in [7, 11) is 1.98. The lowest BCUT2D eigenvalue weighted by Gasteiger charge is -2.16. The van der Waals surface area contributed by atoms with Crippen molar-refractivity contribution in [3.8, 4) is 0 Å². The first-order chi connectivity index (χ1) is 10.3. The average molecular weight is 303 g/mol. The summed E-state index contributed by atoms with van der Waals surface area (Å²) < 4.78 is 13.3. The van der Waals surface area contributed by atoms with Gasteiger partial charge >= 0.3 is 0 Å². The van der Waals surface area contributed by atoms with Gasteiger partial charge in [-0.15, -0.1) is 11.8 Å². The minimum absolute atomic E-state index is 0.144. The van der Waals surface area contributed by atoms with Gasteiger partial charge in [0.25, 0.3) is 0 Å². The molecule has 0 saturated carbocycles. The second-order valence-corrected chi connectivity index (χ2v) is 6.38. The molecule has 0 aliphatic heterocycles. The van der Waals surface area contributed by atoms with Gasteiger partial charge in [0.2, 0.25) is 0 Å². The third-order valence-corrected chi connectivity index (χ3v) is 4.49. The van der Waals surface area contributed by atoms with E-state index in [-0.39, 0.29) is 5.82 Å². The van der Waals surface area contributed by atoms with E-state index in [2.05, 4.69) is 29.6 Å². The zero-order chi connectivity index (χ0) is 14.9. The summed E-state index contributed by atoms with van der Waals surface area (Å²) in [6, 6.07) is 17.4. The Bertz CT molecular complexity index is 530. The Morgan fingerprint density at radius 3 is 2.62 bits per heavy atom. The Labute approximate surface area is 131 Å². The molecule has 2 rings (SSSR count). The quantitative estimate of drug-likeness (QED) is 0.726. The van der Waals surface area contributed by atoms with Gasteiger partial charge < -0.3 is 5.32 Å². The van der Waals surface area contributed by atoms with E-state index in [9.17, 15) is 4.39 Å². The Morgan fingerprint density at radius 1 is 1.10 bits per heavy atom. The van der Waals surface area contributed by atoms with Crippen LogP contribution in [0.3, 0.4) is 0 Å². The summed E-state index contributed by atoms with van der Waals surface area (Å²) in [6.07, 6.45) is 2.05. The van der Waals surface area contributed by atoms with Crippen molar-refractivity contribution in [3.05, 3.63) is 66.0 Å². The molecule has 1 unspecified atom stereocenters. The van der Waals surface area contributed by atoms with E-state index in [1.807, 2.05) is 30.9 Å². The molecule has 2 aromatic rings. The van der Waals surface area contributed by atoms with E-state index < -0.39 is 0 Å². The predicted octanol–water partition coefficient (Wildman–Crippen LogP) is 4.39. The second-order valence-electron chi connectivity index (χ2n) is 5.21. The molecule has 0 saturated heterocycles. The minimum atomic E-state index is -0.144. The van der Waals surface area contributed by atoms with Crippen LogP contribution in [-0.4, -0.2) is 19.3 Å². The first-order valence-electron chi connectivity index (χ1n) is 7.35. The summed E-state index contributed by atoms with van der Waals surface area (Å²) in [5.74, 6) is 1.48. The Morgan fingerprint density at radius 2 is 1.90 bits per heavy atom. The van der Waals surface area contributed by atoms with Crippen molar-refractivity contribution in [2.75, 3.05) is 19.3 Å². The topological polar surface area (TPSA) is 12.0 Å². The van der Waals surface area contributed by atoms with Gasteiger partial charge in [0, 0.05) is 4.90 Å². The lowest BCUT2D eigenvalue weighted by molar-refractivity contribution is 0.483. The fourth-order valence-electron chi connectivity index (χ4n) is 2.42. The molecule has 3 heteroatoms. The largest absolute Gasteiger partial charge is 0.319 e. The Hall–Kier alpha value is -1.32. The highest BCUT2D eigenvalue weighted by Gasteiger charge is 2.10. The highest BCUT2D eigenvalue weighted by molar-refractivity contribution is 7.99. The van der Waals surface area contributed by atoms with E-state index in [0.717, 1.165) is 30.7 Å². The molecule has 1 N–H and O–H groups in total. The van der Waals surface area contributed by atoms with E-state index >= 15 is 0 Å². The summed E-state index contributed by atoms with van der Waals surface area (Å²) in [6.45, 7) is 0.964. The molecule has 0 spiro atoms. The number of rotatable bonds is 8. The standard InChI is InChI=1S/C18H22FNS/c1-20-14-16(12-15-6-5-7-17(19)13-15)10-11-21-18-8-3-2-4-9-18/h2-9,13,16,20H,10-12,14H2,1H3. The van der Waals surface area contributed by atoms with Gasteiger partial charge in [0.1, 0.15) is 5.82 Å². The molecule has 112 valence electrons. The highest BCUT2D eigenvalue weighted by atomic mass is 32.2. The molecule has 0 radical (unpaired) electrons. The Kier molecular flexibility index (Phi) is 6.77. The molecular formula is C18H22FNS. The maximum absolute atomic E-state index is 13.3. The Balaban J connectivity index is 1.84. The summed E-state index contributed by atoms with van der Waals surface area (Å²) in [5.41, 5.74) is 1.08. The lowest BCUT2D eigenvalue weighted by atomic mass is 9.97. The first-order valence-corrected chi connectivity index (χ1v) is 8.33. The molecule has 0 aromatic heterocycles. The van der Waals surface area contributed by atoms with E-state index in [1.165, 1.54) is 11.0 Å². The normalized spacial score (nSPS) is 12.3. The number of thioether (sulfide) groups is 1. The van der Waals surface area contributed by atoms with Gasteiger partial charge in [-0.3, -0.25) is 0 Å². The maximum Gasteiger partial charge on any atom is 0.123 e. The number of hydrogen-bond donors (Lipinski definition) is 1. The first kappa shape index (κ1) is 16.1. The van der Waals surface area contributed by atoms with Gasteiger partial charge in [-0.1, -0.05) is 30.3 Å². The second kappa shape index (κ2) is 8.85.